The van der Waals surface area contributed by atoms with E-state index in [0.717, 1.165) is 24.3 Å². The number of hydrogen-bond acceptors (Lipinski definition) is 3. The minimum atomic E-state index is -0.0169. The van der Waals surface area contributed by atoms with Crippen molar-refractivity contribution in [2.75, 3.05) is 19.8 Å². The molecule has 3 nitrogen and oxygen atoms in total. The summed E-state index contributed by atoms with van der Waals surface area (Å²) < 4.78 is 11.3. The van der Waals surface area contributed by atoms with Gasteiger partial charge in [0.1, 0.15) is 12.4 Å². The molecule has 0 spiro atoms. The molecule has 0 heterocycles. The monoisotopic (exact) mass is 265 g/mol. The van der Waals surface area contributed by atoms with Crippen molar-refractivity contribution in [1.29, 1.82) is 0 Å². The number of ether oxygens (including phenoxy) is 2. The van der Waals surface area contributed by atoms with E-state index in [4.69, 9.17) is 15.2 Å². The Kier molecular flexibility index (Phi) is 6.89. The summed E-state index contributed by atoms with van der Waals surface area (Å²) in [6.45, 7) is 10.4. The van der Waals surface area contributed by atoms with Crippen molar-refractivity contribution < 1.29 is 9.47 Å². The van der Waals surface area contributed by atoms with Crippen LogP contribution in [-0.2, 0) is 4.74 Å². The van der Waals surface area contributed by atoms with Crippen molar-refractivity contribution in [2.24, 2.45) is 11.7 Å². The summed E-state index contributed by atoms with van der Waals surface area (Å²) in [4.78, 5) is 0. The van der Waals surface area contributed by atoms with E-state index in [-0.39, 0.29) is 6.04 Å². The van der Waals surface area contributed by atoms with Crippen LogP contribution in [0, 0.1) is 12.8 Å². The lowest BCUT2D eigenvalue weighted by Gasteiger charge is -2.15. The van der Waals surface area contributed by atoms with Crippen LogP contribution in [0.1, 0.15) is 44.4 Å². The lowest BCUT2D eigenvalue weighted by atomic mass is 10.1. The summed E-state index contributed by atoms with van der Waals surface area (Å²) in [5, 5.41) is 0. The highest BCUT2D eigenvalue weighted by atomic mass is 16.5. The van der Waals surface area contributed by atoms with Crippen molar-refractivity contribution in [3.63, 3.8) is 0 Å². The van der Waals surface area contributed by atoms with Gasteiger partial charge < -0.3 is 15.2 Å². The van der Waals surface area contributed by atoms with E-state index in [0.29, 0.717) is 19.1 Å². The summed E-state index contributed by atoms with van der Waals surface area (Å²) in [5.74, 6) is 1.55. The van der Waals surface area contributed by atoms with Crippen LogP contribution in [0.5, 0.6) is 5.75 Å². The number of rotatable bonds is 8. The summed E-state index contributed by atoms with van der Waals surface area (Å²) in [6.07, 6.45) is 1.09. The molecule has 1 aromatic rings. The lowest BCUT2D eigenvalue weighted by Crippen LogP contribution is -2.12. The van der Waals surface area contributed by atoms with Crippen LogP contribution < -0.4 is 10.5 Å². The van der Waals surface area contributed by atoms with Crippen molar-refractivity contribution >= 4 is 0 Å². The van der Waals surface area contributed by atoms with E-state index in [1.807, 2.05) is 19.1 Å². The van der Waals surface area contributed by atoms with Gasteiger partial charge in [0.2, 0.25) is 0 Å². The largest absolute Gasteiger partial charge is 0.491 e. The second-order valence-corrected chi connectivity index (χ2v) is 5.47. The quantitative estimate of drug-likeness (QED) is 0.732. The zero-order chi connectivity index (χ0) is 14.3. The third kappa shape index (κ3) is 6.08. The van der Waals surface area contributed by atoms with Crippen LogP contribution in [-0.4, -0.2) is 19.8 Å². The molecule has 0 bridgehead atoms. The molecule has 0 radical (unpaired) electrons. The predicted molar refractivity (Wildman–Crippen MR) is 79.6 cm³/mol. The first-order valence-corrected chi connectivity index (χ1v) is 7.07. The molecule has 0 fully saturated rings. The molecule has 108 valence electrons. The van der Waals surface area contributed by atoms with Gasteiger partial charge in [-0.3, -0.25) is 0 Å². The fourth-order valence-corrected chi connectivity index (χ4v) is 1.79. The molecule has 0 aliphatic heterocycles. The zero-order valence-corrected chi connectivity index (χ0v) is 12.6. The lowest BCUT2D eigenvalue weighted by molar-refractivity contribution is 0.0922. The summed E-state index contributed by atoms with van der Waals surface area (Å²) in [5.41, 5.74) is 8.22. The minimum Gasteiger partial charge on any atom is -0.491 e. The molecule has 1 rings (SSSR count). The van der Waals surface area contributed by atoms with E-state index >= 15 is 0 Å². The van der Waals surface area contributed by atoms with Gasteiger partial charge in [-0.1, -0.05) is 31.5 Å². The second kappa shape index (κ2) is 8.18. The van der Waals surface area contributed by atoms with Gasteiger partial charge in [0.25, 0.3) is 0 Å². The fraction of sp³-hybridized carbons (Fsp3) is 0.625. The van der Waals surface area contributed by atoms with E-state index in [1.165, 1.54) is 5.56 Å². The molecule has 0 saturated carbocycles. The van der Waals surface area contributed by atoms with Crippen LogP contribution in [0.2, 0.25) is 0 Å². The van der Waals surface area contributed by atoms with Crippen LogP contribution in [0.15, 0.2) is 18.2 Å². The highest BCUT2D eigenvalue weighted by Crippen LogP contribution is 2.24. The molecule has 3 heteroatoms. The van der Waals surface area contributed by atoms with Crippen molar-refractivity contribution in [1.82, 2.24) is 0 Å². The third-order valence-corrected chi connectivity index (χ3v) is 2.98. The van der Waals surface area contributed by atoms with Crippen LogP contribution in [0.4, 0.5) is 0 Å². The number of benzene rings is 1. The normalized spacial score (nSPS) is 12.7. The van der Waals surface area contributed by atoms with E-state index < -0.39 is 0 Å². The molecule has 1 atom stereocenters. The maximum Gasteiger partial charge on any atom is 0.124 e. The van der Waals surface area contributed by atoms with Crippen molar-refractivity contribution in [2.45, 2.75) is 40.2 Å². The van der Waals surface area contributed by atoms with Crippen LogP contribution in [0.3, 0.4) is 0 Å². The predicted octanol–water partition coefficient (Wildman–Crippen LogP) is 3.46. The molecule has 0 aliphatic rings. The molecule has 0 amide bonds. The molecular formula is C16H27NO2. The van der Waals surface area contributed by atoms with E-state index in [1.54, 1.807) is 0 Å². The second-order valence-electron chi connectivity index (χ2n) is 5.47. The van der Waals surface area contributed by atoms with Gasteiger partial charge in [0, 0.05) is 18.2 Å². The summed E-state index contributed by atoms with van der Waals surface area (Å²) in [6, 6.07) is 6.10. The van der Waals surface area contributed by atoms with Crippen LogP contribution in [0.25, 0.3) is 0 Å². The van der Waals surface area contributed by atoms with E-state index in [2.05, 4.69) is 26.8 Å². The Balaban J connectivity index is 2.37. The Hall–Kier alpha value is -1.06. The standard InChI is InChI=1S/C16H27NO2/c1-12(2)7-8-18-9-10-19-16-6-5-13(3)11-15(16)14(4)17/h5-6,11-12,14H,7-10,17H2,1-4H3/t14-/m1/s1. The average Bonchev–Trinajstić information content (AvgIpc) is 2.34. The first kappa shape index (κ1) is 16.0. The molecule has 0 unspecified atom stereocenters. The molecule has 0 aromatic heterocycles. The van der Waals surface area contributed by atoms with Crippen molar-refractivity contribution in [3.05, 3.63) is 29.3 Å². The number of hydrogen-bond donors (Lipinski definition) is 1. The maximum atomic E-state index is 5.96. The Labute approximate surface area is 117 Å². The van der Waals surface area contributed by atoms with Crippen molar-refractivity contribution in [3.8, 4) is 5.75 Å². The number of aryl methyl sites for hydroxylation is 1. The zero-order valence-electron chi connectivity index (χ0n) is 12.6. The molecule has 19 heavy (non-hydrogen) atoms. The van der Waals surface area contributed by atoms with Gasteiger partial charge in [0.15, 0.2) is 0 Å². The van der Waals surface area contributed by atoms with Gasteiger partial charge >= 0.3 is 0 Å². The molecule has 0 aliphatic carbocycles. The Bertz CT molecular complexity index is 375. The first-order valence-electron chi connectivity index (χ1n) is 7.07. The van der Waals surface area contributed by atoms with Crippen LogP contribution >= 0.6 is 0 Å². The Morgan fingerprint density at radius 1 is 1.11 bits per heavy atom. The maximum absolute atomic E-state index is 5.96. The highest BCUT2D eigenvalue weighted by molar-refractivity contribution is 5.38. The Morgan fingerprint density at radius 3 is 2.47 bits per heavy atom. The van der Waals surface area contributed by atoms with E-state index in [9.17, 15) is 0 Å². The highest BCUT2D eigenvalue weighted by Gasteiger charge is 2.08. The summed E-state index contributed by atoms with van der Waals surface area (Å²) in [7, 11) is 0. The number of nitrogens with two attached hydrogens (primary N) is 1. The fourth-order valence-electron chi connectivity index (χ4n) is 1.79. The minimum absolute atomic E-state index is 0.0169. The third-order valence-electron chi connectivity index (χ3n) is 2.98. The average molecular weight is 265 g/mol. The van der Waals surface area contributed by atoms with Gasteiger partial charge in [-0.2, -0.15) is 0 Å². The first-order chi connectivity index (χ1) is 9.00. The van der Waals surface area contributed by atoms with Gasteiger partial charge in [-0.25, -0.2) is 0 Å². The van der Waals surface area contributed by atoms with Gasteiger partial charge in [0.05, 0.1) is 6.61 Å². The molecule has 0 saturated heterocycles. The molecule has 2 N–H and O–H groups in total. The van der Waals surface area contributed by atoms with Gasteiger partial charge in [-0.05, 0) is 32.3 Å². The smallest absolute Gasteiger partial charge is 0.124 e. The van der Waals surface area contributed by atoms with Gasteiger partial charge in [-0.15, -0.1) is 0 Å². The summed E-state index contributed by atoms with van der Waals surface area (Å²) >= 11 is 0. The molecule has 1 aromatic carbocycles. The Morgan fingerprint density at radius 2 is 1.84 bits per heavy atom. The molecular weight excluding hydrogens is 238 g/mol. The topological polar surface area (TPSA) is 44.5 Å². The SMILES string of the molecule is Cc1ccc(OCCOCCC(C)C)c([C@@H](C)N)c1.